The lowest BCUT2D eigenvalue weighted by Crippen LogP contribution is -2.44. The van der Waals surface area contributed by atoms with E-state index in [0.717, 1.165) is 24.8 Å². The summed E-state index contributed by atoms with van der Waals surface area (Å²) in [7, 11) is 0. The van der Waals surface area contributed by atoms with E-state index in [0.29, 0.717) is 18.4 Å². The molecule has 3 heteroatoms. The number of likely N-dealkylation sites (N-methyl/N-ethyl adjacent to an activating group) is 1. The predicted molar refractivity (Wildman–Crippen MR) is 70.0 cm³/mol. The first-order valence-corrected chi connectivity index (χ1v) is 7.18. The summed E-state index contributed by atoms with van der Waals surface area (Å²) in [5.41, 5.74) is 0. The van der Waals surface area contributed by atoms with Crippen molar-refractivity contribution in [2.45, 2.75) is 58.0 Å². The molecule has 0 radical (unpaired) electrons. The van der Waals surface area contributed by atoms with Crippen molar-refractivity contribution in [3.8, 4) is 0 Å². The summed E-state index contributed by atoms with van der Waals surface area (Å²) in [6.45, 7) is 5.89. The SMILES string of the molecule is CCNC1CC2CCC(CC(C)C2)NCC1=O. The van der Waals surface area contributed by atoms with Crippen LogP contribution >= 0.6 is 0 Å². The van der Waals surface area contributed by atoms with Crippen LogP contribution in [0.25, 0.3) is 0 Å². The maximum Gasteiger partial charge on any atom is 0.163 e. The minimum atomic E-state index is 0.0848. The number of nitrogens with one attached hydrogen (secondary N) is 2. The van der Waals surface area contributed by atoms with Crippen LogP contribution in [0.2, 0.25) is 0 Å². The van der Waals surface area contributed by atoms with Crippen LogP contribution in [0.15, 0.2) is 0 Å². The summed E-state index contributed by atoms with van der Waals surface area (Å²) in [5.74, 6) is 1.90. The van der Waals surface area contributed by atoms with E-state index in [1.165, 1.54) is 25.7 Å². The number of ketones is 1. The molecule has 2 N–H and O–H groups in total. The molecule has 2 fully saturated rings. The van der Waals surface area contributed by atoms with Gasteiger partial charge >= 0.3 is 0 Å². The van der Waals surface area contributed by atoms with Gasteiger partial charge < -0.3 is 10.6 Å². The van der Waals surface area contributed by atoms with Crippen molar-refractivity contribution in [1.82, 2.24) is 10.6 Å². The molecule has 1 aliphatic heterocycles. The number of carbonyl (C=O) groups is 1. The molecule has 98 valence electrons. The predicted octanol–water partition coefficient (Wildman–Crippen LogP) is 1.72. The van der Waals surface area contributed by atoms with Crippen LogP contribution in [-0.4, -0.2) is 31.0 Å². The molecule has 2 rings (SSSR count). The maximum atomic E-state index is 12.1. The smallest absolute Gasteiger partial charge is 0.163 e. The Hall–Kier alpha value is -0.410. The highest BCUT2D eigenvalue weighted by Gasteiger charge is 2.30. The normalized spacial score (nSPS) is 39.3. The van der Waals surface area contributed by atoms with E-state index in [9.17, 15) is 4.79 Å². The Balaban J connectivity index is 2.07. The number of hydrogen-bond donors (Lipinski definition) is 2. The van der Waals surface area contributed by atoms with Crippen LogP contribution in [0.5, 0.6) is 0 Å². The molecule has 3 nitrogen and oxygen atoms in total. The Morgan fingerprint density at radius 3 is 2.88 bits per heavy atom. The fraction of sp³-hybridized carbons (Fsp3) is 0.929. The second-order valence-corrected chi connectivity index (χ2v) is 5.91. The van der Waals surface area contributed by atoms with Crippen LogP contribution in [0.1, 0.15) is 46.0 Å². The summed E-state index contributed by atoms with van der Waals surface area (Å²) >= 11 is 0. The molecule has 2 aliphatic rings. The molecule has 0 amide bonds. The molecule has 1 aliphatic carbocycles. The number of rotatable bonds is 2. The van der Waals surface area contributed by atoms with Crippen molar-refractivity contribution in [3.63, 3.8) is 0 Å². The standard InChI is InChI=1S/C14H26N2O/c1-3-15-13-8-11-4-5-12(7-10(2)6-11)16-9-14(13)17/h10-13,15-16H,3-9H2,1-2H3. The lowest BCUT2D eigenvalue weighted by atomic mass is 9.87. The summed E-state index contributed by atoms with van der Waals surface area (Å²) in [4.78, 5) is 12.1. The zero-order valence-electron chi connectivity index (χ0n) is 11.2. The van der Waals surface area contributed by atoms with Gasteiger partial charge in [0.2, 0.25) is 0 Å². The van der Waals surface area contributed by atoms with Gasteiger partial charge in [0.25, 0.3) is 0 Å². The third-order valence-electron chi connectivity index (χ3n) is 4.32. The van der Waals surface area contributed by atoms with Gasteiger partial charge in [-0.05, 0) is 50.5 Å². The molecule has 4 atom stereocenters. The van der Waals surface area contributed by atoms with Gasteiger partial charge in [0.05, 0.1) is 12.6 Å². The van der Waals surface area contributed by atoms with Crippen molar-refractivity contribution in [3.05, 3.63) is 0 Å². The summed E-state index contributed by atoms with van der Waals surface area (Å²) in [5, 5.41) is 6.83. The third-order valence-corrected chi connectivity index (χ3v) is 4.32. The Bertz CT molecular complexity index is 267. The monoisotopic (exact) mass is 238 g/mol. The van der Waals surface area contributed by atoms with Gasteiger partial charge in [-0.2, -0.15) is 0 Å². The molecule has 0 spiro atoms. The zero-order valence-corrected chi connectivity index (χ0v) is 11.2. The Morgan fingerprint density at radius 2 is 2.12 bits per heavy atom. The molecule has 4 unspecified atom stereocenters. The highest BCUT2D eigenvalue weighted by molar-refractivity contribution is 5.86. The Kier molecular flexibility index (Phi) is 4.57. The molecule has 17 heavy (non-hydrogen) atoms. The van der Waals surface area contributed by atoms with Crippen molar-refractivity contribution in [1.29, 1.82) is 0 Å². The van der Waals surface area contributed by atoms with E-state index in [4.69, 9.17) is 0 Å². The fourth-order valence-electron chi connectivity index (χ4n) is 3.50. The van der Waals surface area contributed by atoms with Crippen LogP contribution in [-0.2, 0) is 4.79 Å². The highest BCUT2D eigenvalue weighted by atomic mass is 16.1. The molecule has 1 heterocycles. The van der Waals surface area contributed by atoms with Crippen LogP contribution in [0, 0.1) is 11.8 Å². The van der Waals surface area contributed by atoms with Crippen LogP contribution in [0.4, 0.5) is 0 Å². The average Bonchev–Trinajstić information content (AvgIpc) is 2.43. The van der Waals surface area contributed by atoms with E-state index in [1.807, 2.05) is 0 Å². The average molecular weight is 238 g/mol. The Morgan fingerprint density at radius 1 is 1.29 bits per heavy atom. The van der Waals surface area contributed by atoms with Gasteiger partial charge in [-0.1, -0.05) is 13.8 Å². The molecule has 2 bridgehead atoms. The lowest BCUT2D eigenvalue weighted by Gasteiger charge is -2.25. The van der Waals surface area contributed by atoms with Crippen molar-refractivity contribution in [2.24, 2.45) is 11.8 Å². The quantitative estimate of drug-likeness (QED) is 0.769. The number of Topliss-reactive ketones (excluding diaryl/α,β-unsaturated/α-hetero) is 1. The first-order valence-electron chi connectivity index (χ1n) is 7.18. The second kappa shape index (κ2) is 5.96. The molecule has 1 saturated carbocycles. The van der Waals surface area contributed by atoms with Gasteiger partial charge in [-0.15, -0.1) is 0 Å². The first kappa shape index (κ1) is 13.0. The largest absolute Gasteiger partial charge is 0.308 e. The van der Waals surface area contributed by atoms with Gasteiger partial charge in [0.1, 0.15) is 0 Å². The zero-order chi connectivity index (χ0) is 12.3. The van der Waals surface area contributed by atoms with Gasteiger partial charge in [0, 0.05) is 6.04 Å². The minimum absolute atomic E-state index is 0.0848. The minimum Gasteiger partial charge on any atom is -0.308 e. The maximum absolute atomic E-state index is 12.1. The van der Waals surface area contributed by atoms with Gasteiger partial charge in [0.15, 0.2) is 5.78 Å². The van der Waals surface area contributed by atoms with Crippen LogP contribution < -0.4 is 10.6 Å². The molecule has 1 saturated heterocycles. The van der Waals surface area contributed by atoms with Crippen molar-refractivity contribution in [2.75, 3.05) is 13.1 Å². The molecule has 0 aromatic heterocycles. The molecule has 0 aromatic carbocycles. The fourth-order valence-corrected chi connectivity index (χ4v) is 3.50. The topological polar surface area (TPSA) is 41.1 Å². The van der Waals surface area contributed by atoms with E-state index >= 15 is 0 Å². The van der Waals surface area contributed by atoms with E-state index < -0.39 is 0 Å². The van der Waals surface area contributed by atoms with Gasteiger partial charge in [-0.3, -0.25) is 4.79 Å². The molecule has 0 aromatic rings. The van der Waals surface area contributed by atoms with E-state index in [1.54, 1.807) is 0 Å². The molecular formula is C14H26N2O. The lowest BCUT2D eigenvalue weighted by molar-refractivity contribution is -0.120. The van der Waals surface area contributed by atoms with E-state index in [-0.39, 0.29) is 6.04 Å². The summed E-state index contributed by atoms with van der Waals surface area (Å²) in [6, 6.07) is 0.654. The first-order chi connectivity index (χ1) is 8.19. The Labute approximate surface area is 105 Å². The third kappa shape index (κ3) is 3.52. The second-order valence-electron chi connectivity index (χ2n) is 5.91. The number of fused-ring (bicyclic) bond motifs is 3. The van der Waals surface area contributed by atoms with Crippen molar-refractivity contribution >= 4 is 5.78 Å². The number of hydrogen-bond acceptors (Lipinski definition) is 3. The van der Waals surface area contributed by atoms with Crippen molar-refractivity contribution < 1.29 is 4.79 Å². The highest BCUT2D eigenvalue weighted by Crippen LogP contribution is 2.31. The van der Waals surface area contributed by atoms with Crippen LogP contribution in [0.3, 0.4) is 0 Å². The summed E-state index contributed by atoms with van der Waals surface area (Å²) < 4.78 is 0. The summed E-state index contributed by atoms with van der Waals surface area (Å²) in [6.07, 6.45) is 6.13. The number of carbonyl (C=O) groups excluding carboxylic acids is 1. The van der Waals surface area contributed by atoms with E-state index in [2.05, 4.69) is 24.5 Å². The van der Waals surface area contributed by atoms with Gasteiger partial charge in [-0.25, -0.2) is 0 Å². The molecular weight excluding hydrogens is 212 g/mol.